The van der Waals surface area contributed by atoms with Crippen molar-refractivity contribution in [2.45, 2.75) is 533 Å². The Morgan fingerprint density at radius 2 is 0.495 bits per heavy atom. The maximum absolute atomic E-state index is 12.6. The molecule has 0 aliphatic carbocycles. The number of nitrogens with one attached hydrogen (secondary N) is 1. The van der Waals surface area contributed by atoms with Gasteiger partial charge in [-0.05, 0) is 51.4 Å². The van der Waals surface area contributed by atoms with Crippen molar-refractivity contribution in [3.63, 3.8) is 0 Å². The largest absolute Gasteiger partial charge is 0.466 e. The molecule has 3 N–H and O–H groups in total. The molecule has 6 nitrogen and oxygen atoms in total. The number of carbonyl (C=O) groups excluding carboxylic acids is 2. The SMILES string of the molecule is CCCCCCCCC/C=C\CCCCCCCCCC(=O)OCCCCCCCCCCCCCCCCCCCCCCCCCCCCCCCCCCCCCCCC(=O)NC(CO)C(O)CCCCCCCCCCCCCCCCCCCCCCCCC. The maximum atomic E-state index is 12.6. The monoisotopic (exact) mass is 1340 g/mol. The van der Waals surface area contributed by atoms with Crippen LogP contribution < -0.4 is 5.32 Å². The van der Waals surface area contributed by atoms with Gasteiger partial charge >= 0.3 is 5.97 Å². The minimum absolute atomic E-state index is 0.0220. The van der Waals surface area contributed by atoms with Crippen molar-refractivity contribution in [2.75, 3.05) is 13.2 Å². The summed E-state index contributed by atoms with van der Waals surface area (Å²) in [4.78, 5) is 24.7. The number of unbranched alkanes of at least 4 members (excludes halogenated alkanes) is 72. The third-order valence-electron chi connectivity index (χ3n) is 21.3. The summed E-state index contributed by atoms with van der Waals surface area (Å²) >= 11 is 0. The fourth-order valence-corrected chi connectivity index (χ4v) is 14.6. The van der Waals surface area contributed by atoms with E-state index in [0.29, 0.717) is 25.9 Å². The van der Waals surface area contributed by atoms with Crippen molar-refractivity contribution in [2.24, 2.45) is 0 Å². The predicted molar refractivity (Wildman–Crippen MR) is 421 cm³/mol. The second-order valence-electron chi connectivity index (χ2n) is 30.9. The Morgan fingerprint density at radius 3 is 0.747 bits per heavy atom. The summed E-state index contributed by atoms with van der Waals surface area (Å²) in [7, 11) is 0. The Morgan fingerprint density at radius 1 is 0.284 bits per heavy atom. The van der Waals surface area contributed by atoms with E-state index in [2.05, 4.69) is 31.3 Å². The molecule has 2 atom stereocenters. The fraction of sp³-hybridized carbons (Fsp3) is 0.955. The number of hydrogen-bond acceptors (Lipinski definition) is 5. The van der Waals surface area contributed by atoms with E-state index < -0.39 is 12.1 Å². The summed E-state index contributed by atoms with van der Waals surface area (Å²) in [5, 5.41) is 23.5. The topological polar surface area (TPSA) is 95.9 Å². The molecular formula is C89H175NO5. The van der Waals surface area contributed by atoms with E-state index in [9.17, 15) is 19.8 Å². The summed E-state index contributed by atoms with van der Waals surface area (Å²) in [6.45, 7) is 5.02. The van der Waals surface area contributed by atoms with E-state index in [1.54, 1.807) is 0 Å². The van der Waals surface area contributed by atoms with Crippen LogP contribution in [0.4, 0.5) is 0 Å². The lowest BCUT2D eigenvalue weighted by atomic mass is 10.0. The molecule has 0 rings (SSSR count). The minimum atomic E-state index is -0.661. The highest BCUT2D eigenvalue weighted by atomic mass is 16.5. The molecule has 0 heterocycles. The standard InChI is InChI=1S/C89H175NO5/c1-3-5-7-9-11-13-15-17-19-21-23-24-40-43-46-49-53-57-61-65-69-73-77-81-87(92)86(85-91)90-88(93)82-78-74-70-66-62-58-54-50-47-44-41-38-36-34-32-30-28-26-25-27-29-31-33-35-37-39-42-45-48-52-56-60-64-68-72-76-80-84-95-89(94)83-79-75-71-67-63-59-55-51-22-20-18-16-14-12-10-8-6-4-2/h20,22,86-87,91-92H,3-19,21,23-85H2,1-2H3,(H,90,93)/b22-20-. The number of hydrogen-bond donors (Lipinski definition) is 3. The second-order valence-corrected chi connectivity index (χ2v) is 30.9. The fourth-order valence-electron chi connectivity index (χ4n) is 14.6. The molecule has 0 fully saturated rings. The first-order chi connectivity index (χ1) is 47.0. The average molecular weight is 1340 g/mol. The lowest BCUT2D eigenvalue weighted by Gasteiger charge is -2.22. The highest BCUT2D eigenvalue weighted by molar-refractivity contribution is 5.76. The van der Waals surface area contributed by atoms with Gasteiger partial charge in [-0.15, -0.1) is 0 Å². The van der Waals surface area contributed by atoms with Crippen LogP contribution in [0.25, 0.3) is 0 Å². The third kappa shape index (κ3) is 81.5. The van der Waals surface area contributed by atoms with E-state index in [1.807, 2.05) is 0 Å². The first kappa shape index (κ1) is 93.6. The van der Waals surface area contributed by atoms with Crippen molar-refractivity contribution in [3.05, 3.63) is 12.2 Å². The number of aliphatic hydroxyl groups is 2. The highest BCUT2D eigenvalue weighted by Gasteiger charge is 2.20. The zero-order chi connectivity index (χ0) is 68.4. The molecule has 0 aromatic carbocycles. The van der Waals surface area contributed by atoms with Gasteiger partial charge in [0.25, 0.3) is 0 Å². The summed E-state index contributed by atoms with van der Waals surface area (Å²) in [6.07, 6.45) is 109. The molecule has 0 aliphatic heterocycles. The van der Waals surface area contributed by atoms with Gasteiger partial charge in [-0.1, -0.05) is 469 Å². The molecule has 2 unspecified atom stereocenters. The Labute approximate surface area is 597 Å². The summed E-state index contributed by atoms with van der Waals surface area (Å²) in [5.41, 5.74) is 0. The third-order valence-corrected chi connectivity index (χ3v) is 21.3. The minimum Gasteiger partial charge on any atom is -0.466 e. The van der Waals surface area contributed by atoms with E-state index in [-0.39, 0.29) is 18.5 Å². The number of carbonyl (C=O) groups is 2. The Balaban J connectivity index is 3.30. The first-order valence-electron chi connectivity index (χ1n) is 44.4. The van der Waals surface area contributed by atoms with E-state index >= 15 is 0 Å². The van der Waals surface area contributed by atoms with Crippen molar-refractivity contribution in [1.29, 1.82) is 0 Å². The van der Waals surface area contributed by atoms with E-state index in [0.717, 1.165) is 38.5 Å². The van der Waals surface area contributed by atoms with Crippen LogP contribution in [0.1, 0.15) is 521 Å². The number of esters is 1. The molecule has 0 saturated carbocycles. The van der Waals surface area contributed by atoms with Crippen LogP contribution in [-0.4, -0.2) is 47.4 Å². The summed E-state index contributed by atoms with van der Waals surface area (Å²) in [6, 6.07) is -0.538. The normalized spacial score (nSPS) is 12.4. The van der Waals surface area contributed by atoms with Gasteiger partial charge in [-0.25, -0.2) is 0 Å². The van der Waals surface area contributed by atoms with Crippen LogP contribution in [0.5, 0.6) is 0 Å². The molecule has 95 heavy (non-hydrogen) atoms. The van der Waals surface area contributed by atoms with Crippen LogP contribution in [0.15, 0.2) is 12.2 Å². The molecule has 6 heteroatoms. The van der Waals surface area contributed by atoms with Crippen LogP contribution in [0.2, 0.25) is 0 Å². The van der Waals surface area contributed by atoms with Crippen molar-refractivity contribution >= 4 is 11.9 Å². The molecule has 0 aromatic rings. The van der Waals surface area contributed by atoms with Gasteiger partial charge in [-0.3, -0.25) is 9.59 Å². The van der Waals surface area contributed by atoms with Gasteiger partial charge in [0.05, 0.1) is 25.4 Å². The van der Waals surface area contributed by atoms with Crippen molar-refractivity contribution in [1.82, 2.24) is 5.32 Å². The molecule has 1 amide bonds. The number of aliphatic hydroxyl groups excluding tert-OH is 2. The van der Waals surface area contributed by atoms with Gasteiger partial charge in [0.2, 0.25) is 5.91 Å². The van der Waals surface area contributed by atoms with Crippen molar-refractivity contribution in [3.8, 4) is 0 Å². The molecule has 566 valence electrons. The number of ether oxygens (including phenoxy) is 1. The van der Waals surface area contributed by atoms with Gasteiger partial charge < -0.3 is 20.3 Å². The smallest absolute Gasteiger partial charge is 0.305 e. The van der Waals surface area contributed by atoms with Gasteiger partial charge in [0, 0.05) is 12.8 Å². The van der Waals surface area contributed by atoms with E-state index in [1.165, 1.54) is 449 Å². The van der Waals surface area contributed by atoms with Crippen molar-refractivity contribution < 1.29 is 24.5 Å². The quantitative estimate of drug-likeness (QED) is 0.0320. The highest BCUT2D eigenvalue weighted by Crippen LogP contribution is 2.21. The number of amides is 1. The predicted octanol–water partition coefficient (Wildman–Crippen LogP) is 29.8. The van der Waals surface area contributed by atoms with Crippen LogP contribution in [0.3, 0.4) is 0 Å². The lowest BCUT2D eigenvalue weighted by Crippen LogP contribution is -2.45. The number of rotatable bonds is 85. The zero-order valence-electron chi connectivity index (χ0n) is 65.2. The van der Waals surface area contributed by atoms with Gasteiger partial charge in [-0.2, -0.15) is 0 Å². The second kappa shape index (κ2) is 85.0. The Hall–Kier alpha value is -1.40. The van der Waals surface area contributed by atoms with Gasteiger partial charge in [0.1, 0.15) is 0 Å². The molecule has 0 bridgehead atoms. The molecular weight excluding hydrogens is 1160 g/mol. The number of allylic oxidation sites excluding steroid dienone is 2. The molecule has 0 saturated heterocycles. The van der Waals surface area contributed by atoms with Crippen LogP contribution in [0, 0.1) is 0 Å². The first-order valence-corrected chi connectivity index (χ1v) is 44.4. The molecule has 0 aliphatic rings. The molecule has 0 radical (unpaired) electrons. The summed E-state index contributed by atoms with van der Waals surface area (Å²) < 4.78 is 5.52. The molecule has 0 aromatic heterocycles. The summed E-state index contributed by atoms with van der Waals surface area (Å²) in [5.74, 6) is -0.000584. The Kier molecular flexibility index (Phi) is 83.8. The van der Waals surface area contributed by atoms with Crippen LogP contribution in [-0.2, 0) is 14.3 Å². The molecule has 0 spiro atoms. The lowest BCUT2D eigenvalue weighted by molar-refractivity contribution is -0.143. The van der Waals surface area contributed by atoms with Gasteiger partial charge in [0.15, 0.2) is 0 Å². The van der Waals surface area contributed by atoms with E-state index in [4.69, 9.17) is 4.74 Å². The van der Waals surface area contributed by atoms with Crippen LogP contribution >= 0.6 is 0 Å². The Bertz CT molecular complexity index is 1450. The maximum Gasteiger partial charge on any atom is 0.305 e. The average Bonchev–Trinajstić information content (AvgIpc) is 3.03. The zero-order valence-corrected chi connectivity index (χ0v) is 65.2.